The molecule has 0 unspecified atom stereocenters. The van der Waals surface area contributed by atoms with E-state index in [4.69, 9.17) is 0 Å². The Kier molecular flexibility index (Phi) is 111. The van der Waals surface area contributed by atoms with E-state index in [1.165, 1.54) is 7.05 Å². The molecule has 0 saturated carbocycles. The number of hydrogen-bond acceptors (Lipinski definition) is 4. The quantitative estimate of drug-likeness (QED) is 0.155. The summed E-state index contributed by atoms with van der Waals surface area (Å²) in [5, 5.41) is 3.99. The Morgan fingerprint density at radius 3 is 0.722 bits per heavy atom. The zero-order valence-electron chi connectivity index (χ0n) is 37.6. The molecule has 4 aromatic rings. The predicted octanol–water partition coefficient (Wildman–Crippen LogP) is 13.0. The van der Waals surface area contributed by atoms with Crippen molar-refractivity contribution in [1.29, 1.82) is 0 Å². The number of benzene rings is 4. The van der Waals surface area contributed by atoms with Gasteiger partial charge >= 0.3 is 0 Å². The van der Waals surface area contributed by atoms with Crippen molar-refractivity contribution in [2.24, 2.45) is 5.73 Å². The van der Waals surface area contributed by atoms with Gasteiger partial charge in [0.25, 0.3) is 0 Å². The van der Waals surface area contributed by atoms with Crippen LogP contribution in [0.2, 0.25) is 0 Å². The topological polar surface area (TPSA) is 44.5 Å². The Bertz CT molecular complexity index is 867. The minimum absolute atomic E-state index is 0. The van der Waals surface area contributed by atoms with Crippen LogP contribution in [0.1, 0.15) is 90.5 Å². The molecule has 4 aromatic carbocycles. The molecule has 0 aliphatic carbocycles. The fraction of sp³-hybridized carbons (Fsp3) is 0.489. The number of nitrogens with one attached hydrogen (secondary N) is 1. The number of halogens is 1. The molecule has 54 heavy (non-hydrogen) atoms. The minimum Gasteiger partial charge on any atom is -0.333 e. The van der Waals surface area contributed by atoms with Gasteiger partial charge in [-0.1, -0.05) is 106 Å². The van der Waals surface area contributed by atoms with Crippen molar-refractivity contribution in [2.45, 2.75) is 90.5 Å². The second kappa shape index (κ2) is 77.0. The maximum atomic E-state index is 4.50. The van der Waals surface area contributed by atoms with Gasteiger partial charge in [-0.05, 0) is 61.9 Å². The first kappa shape index (κ1) is 77.9. The number of alkyl halides is 1. The van der Waals surface area contributed by atoms with Crippen molar-refractivity contribution in [3.63, 3.8) is 0 Å². The Hall–Kier alpha value is -0.592. The molecule has 0 bridgehead atoms. The molecule has 0 aliphatic rings. The summed E-state index contributed by atoms with van der Waals surface area (Å²) in [6.07, 6.45) is 0. The largest absolute Gasteiger partial charge is 0.333 e. The zero-order valence-corrected chi connectivity index (χ0v) is 44.8. The van der Waals surface area contributed by atoms with Gasteiger partial charge in [-0.15, -0.1) is 24.3 Å². The smallest absolute Gasteiger partial charge is 0.000281 e. The fourth-order valence-corrected chi connectivity index (χ4v) is 2.24. The molecule has 0 amide bonds. The van der Waals surface area contributed by atoms with Crippen molar-refractivity contribution in [1.82, 2.24) is 15.1 Å². The van der Waals surface area contributed by atoms with Crippen molar-refractivity contribution in [3.8, 4) is 22.3 Å². The summed E-state index contributed by atoms with van der Waals surface area (Å²) in [6.45, 7) is 27.7. The van der Waals surface area contributed by atoms with Crippen LogP contribution in [0.25, 0.3) is 22.3 Å². The molecule has 0 spiro atoms. The summed E-state index contributed by atoms with van der Waals surface area (Å²) >= 11 is 3.15. The zero-order chi connectivity index (χ0) is 41.1. The van der Waals surface area contributed by atoms with Crippen LogP contribution in [-0.2, 0) is 65.4 Å². The second-order valence-corrected chi connectivity index (χ2v) is 9.99. The predicted molar refractivity (Wildman–Crippen MR) is 249 cm³/mol. The maximum Gasteiger partial charge on any atom is 0.000281 e. The summed E-state index contributed by atoms with van der Waals surface area (Å²) in [7, 11) is 11.7. The maximum absolute atomic E-state index is 4.50. The number of rotatable bonds is 5. The van der Waals surface area contributed by atoms with Gasteiger partial charge in [-0.25, -0.2) is 22.3 Å². The van der Waals surface area contributed by atoms with E-state index in [1.807, 2.05) is 166 Å². The van der Waals surface area contributed by atoms with Gasteiger partial charge in [-0.3, -0.25) is 0 Å². The van der Waals surface area contributed by atoms with E-state index in [2.05, 4.69) is 110 Å². The molecule has 310 valence electrons. The summed E-state index contributed by atoms with van der Waals surface area (Å²) in [5.41, 5.74) is 8.88. The van der Waals surface area contributed by atoms with E-state index >= 15 is 0 Å². The van der Waals surface area contributed by atoms with E-state index in [9.17, 15) is 0 Å². The number of hydrogen-bond donors (Lipinski definition) is 2. The molecule has 4 nitrogen and oxygen atoms in total. The van der Waals surface area contributed by atoms with Gasteiger partial charge < -0.3 is 20.9 Å². The summed E-state index contributed by atoms with van der Waals surface area (Å²) < 4.78 is 0. The van der Waals surface area contributed by atoms with Crippen LogP contribution in [0.4, 0.5) is 0 Å². The van der Waals surface area contributed by atoms with E-state index in [0.717, 1.165) is 47.2 Å². The molecular weight excluding hydrogens is 878 g/mol. The Labute approximate surface area is 399 Å². The second-order valence-electron chi connectivity index (χ2n) is 8.87. The first-order valence-electron chi connectivity index (χ1n) is 18.8. The van der Waals surface area contributed by atoms with Gasteiger partial charge in [-0.2, -0.15) is 97.1 Å². The Morgan fingerprint density at radius 2 is 0.648 bits per heavy atom. The van der Waals surface area contributed by atoms with Crippen LogP contribution in [0.15, 0.2) is 97.1 Å². The van der Waals surface area contributed by atoms with E-state index in [1.54, 1.807) is 0 Å². The van der Waals surface area contributed by atoms with Crippen LogP contribution in [0, 0.1) is 24.3 Å². The number of nitrogens with zero attached hydrogens (tertiary/aromatic N) is 2. The molecule has 4 rings (SSSR count). The average Bonchev–Trinajstić information content (AvgIpc) is 3.24. The molecular formula is C47H85BrN4Y2-4. The van der Waals surface area contributed by atoms with Gasteiger partial charge in [0, 0.05) is 70.7 Å². The van der Waals surface area contributed by atoms with Crippen molar-refractivity contribution < 1.29 is 65.4 Å². The number of nitrogens with two attached hydrogens (primary N) is 1. The molecule has 0 atom stereocenters. The SMILES string of the molecule is C.CC.CC.CC.CC.CCBr.CCN(C)C.CCN(C)C.CCNC.CN.[Y].[Y].[c-]1ccccc1-c1[c-]cccc1.[c-]1ccccc1-c1[c-]cccc1. The van der Waals surface area contributed by atoms with Crippen LogP contribution in [-0.4, -0.2) is 77.1 Å². The molecule has 7 heteroatoms. The van der Waals surface area contributed by atoms with Crippen molar-refractivity contribution in [3.05, 3.63) is 121 Å². The van der Waals surface area contributed by atoms with Crippen LogP contribution < -0.4 is 11.1 Å². The van der Waals surface area contributed by atoms with Gasteiger partial charge in [0.1, 0.15) is 0 Å². The third-order valence-corrected chi connectivity index (χ3v) is 5.04. The normalized spacial score (nSPS) is 7.52. The monoisotopic (exact) mass is 962 g/mol. The summed E-state index contributed by atoms with van der Waals surface area (Å²) in [4.78, 5) is 4.25. The third kappa shape index (κ3) is 66.2. The van der Waals surface area contributed by atoms with E-state index in [-0.39, 0.29) is 72.8 Å². The minimum atomic E-state index is 0. The van der Waals surface area contributed by atoms with Crippen molar-refractivity contribution in [2.75, 3.05) is 67.3 Å². The van der Waals surface area contributed by atoms with E-state index < -0.39 is 0 Å². The third-order valence-electron chi connectivity index (χ3n) is 5.04. The van der Waals surface area contributed by atoms with Gasteiger partial charge in [0.05, 0.1) is 0 Å². The molecule has 0 aromatic heterocycles. The first-order valence-corrected chi connectivity index (χ1v) is 19.9. The van der Waals surface area contributed by atoms with Crippen LogP contribution in [0.3, 0.4) is 0 Å². The summed E-state index contributed by atoms with van der Waals surface area (Å²) in [6, 6.07) is 44.3. The fourth-order valence-electron chi connectivity index (χ4n) is 2.24. The van der Waals surface area contributed by atoms with E-state index in [0.29, 0.717) is 0 Å². The molecule has 0 fully saturated rings. The van der Waals surface area contributed by atoms with Crippen LogP contribution in [0.5, 0.6) is 0 Å². The van der Waals surface area contributed by atoms with Crippen molar-refractivity contribution >= 4 is 15.9 Å². The Balaban J connectivity index is -0.0000000538. The molecule has 2 radical (unpaired) electrons. The first-order chi connectivity index (χ1) is 24.8. The molecule has 0 saturated heterocycles. The molecule has 0 aliphatic heterocycles. The van der Waals surface area contributed by atoms with Crippen LogP contribution >= 0.6 is 15.9 Å². The molecule has 0 heterocycles. The summed E-state index contributed by atoms with van der Waals surface area (Å²) in [5.74, 6) is 0. The van der Waals surface area contributed by atoms with Gasteiger partial charge in [0.2, 0.25) is 0 Å². The average molecular weight is 964 g/mol. The molecule has 3 N–H and O–H groups in total. The Morgan fingerprint density at radius 1 is 0.500 bits per heavy atom. The standard InChI is InChI=1S/2C12H8.2C4H11N.C3H9N.C2H5Br.4C2H6.CH5N.CH4.2Y/c2*1-3-7-11(8-4-1)12-9-5-2-6-10-12;2*1-4-5(2)3;1-3-4-2;1-2-3;5*1-2;;;/h2*1-7,9H;2*4H2,1-3H3;4H,3H2,1-2H3;2H2,1H3;4*1-2H3;2H2,1H3;1H4;;/q2*-2;;;;;;;;;;;;. The van der Waals surface area contributed by atoms with Gasteiger partial charge in [0.15, 0.2) is 0 Å².